The summed E-state index contributed by atoms with van der Waals surface area (Å²) in [6, 6.07) is 0. The van der Waals surface area contributed by atoms with E-state index in [-0.39, 0.29) is 17.0 Å². The van der Waals surface area contributed by atoms with E-state index in [1.54, 1.807) is 6.08 Å². The molecule has 28 heavy (non-hydrogen) atoms. The number of hydrogen-bond acceptors (Lipinski definition) is 3. The molecule has 3 nitrogen and oxygen atoms in total. The van der Waals surface area contributed by atoms with Crippen LogP contribution in [0.4, 0.5) is 0 Å². The Kier molecular flexibility index (Phi) is 2.94. The van der Waals surface area contributed by atoms with Crippen LogP contribution in [-0.2, 0) is 14.3 Å². The fourth-order valence-corrected chi connectivity index (χ4v) is 9.23. The smallest absolute Gasteiger partial charge is 0.331 e. The first-order chi connectivity index (χ1) is 13.5. The summed E-state index contributed by atoms with van der Waals surface area (Å²) in [5, 5.41) is 0. The molecule has 0 unspecified atom stereocenters. The minimum atomic E-state index is -0.308. The van der Waals surface area contributed by atoms with Crippen LogP contribution in [-0.4, -0.2) is 17.4 Å². The molecular weight excluding hydrogens is 348 g/mol. The van der Waals surface area contributed by atoms with E-state index in [1.807, 2.05) is 6.08 Å². The summed E-state index contributed by atoms with van der Waals surface area (Å²) in [4.78, 5) is 24.3. The van der Waals surface area contributed by atoms with Crippen molar-refractivity contribution in [2.45, 2.75) is 63.9 Å². The first-order valence-corrected chi connectivity index (χ1v) is 11.7. The topological polar surface area (TPSA) is 43.4 Å². The molecule has 7 aliphatic rings. The van der Waals surface area contributed by atoms with Gasteiger partial charge < -0.3 is 4.74 Å². The van der Waals surface area contributed by atoms with Crippen molar-refractivity contribution in [3.8, 4) is 0 Å². The Balaban J connectivity index is 1.33. The highest BCUT2D eigenvalue weighted by Crippen LogP contribution is 2.78. The van der Waals surface area contributed by atoms with Crippen molar-refractivity contribution < 1.29 is 14.3 Å². The molecule has 6 aliphatic carbocycles. The molecule has 5 fully saturated rings. The van der Waals surface area contributed by atoms with Crippen molar-refractivity contribution in [2.75, 3.05) is 0 Å². The second-order valence-electron chi connectivity index (χ2n) is 11.3. The monoisotopic (exact) mass is 378 g/mol. The number of carbonyl (C=O) groups is 2. The first kappa shape index (κ1) is 16.4. The van der Waals surface area contributed by atoms with E-state index in [0.717, 1.165) is 42.4 Å². The Morgan fingerprint density at radius 1 is 1.07 bits per heavy atom. The molecule has 0 bridgehead atoms. The van der Waals surface area contributed by atoms with Gasteiger partial charge in [0, 0.05) is 23.8 Å². The molecule has 3 heteroatoms. The second kappa shape index (κ2) is 5.02. The van der Waals surface area contributed by atoms with Crippen LogP contribution in [0.3, 0.4) is 0 Å². The summed E-state index contributed by atoms with van der Waals surface area (Å²) in [6.45, 7) is 2.46. The molecule has 0 aromatic heterocycles. The van der Waals surface area contributed by atoms with E-state index in [4.69, 9.17) is 4.74 Å². The maximum absolute atomic E-state index is 12.1. The van der Waals surface area contributed by atoms with Crippen LogP contribution in [0.15, 0.2) is 23.8 Å². The Morgan fingerprint density at radius 3 is 2.68 bits per heavy atom. The third-order valence-corrected chi connectivity index (χ3v) is 10.4. The number of esters is 1. The zero-order valence-electron chi connectivity index (χ0n) is 16.7. The van der Waals surface area contributed by atoms with Crippen molar-refractivity contribution in [3.05, 3.63) is 23.8 Å². The van der Waals surface area contributed by atoms with Crippen LogP contribution < -0.4 is 0 Å². The van der Waals surface area contributed by atoms with Crippen LogP contribution >= 0.6 is 0 Å². The lowest BCUT2D eigenvalue weighted by atomic mass is 9.46. The fraction of sp³-hybridized carbons (Fsp3) is 0.760. The van der Waals surface area contributed by atoms with E-state index in [9.17, 15) is 9.59 Å². The number of rotatable bonds is 1. The number of ketones is 1. The van der Waals surface area contributed by atoms with Crippen LogP contribution in [0.25, 0.3) is 0 Å². The average molecular weight is 379 g/mol. The molecule has 0 radical (unpaired) electrons. The van der Waals surface area contributed by atoms with Gasteiger partial charge in [0.2, 0.25) is 0 Å². The number of fused-ring (bicyclic) bond motifs is 9. The Bertz CT molecular complexity index is 850. The highest BCUT2D eigenvalue weighted by Gasteiger charge is 2.78. The van der Waals surface area contributed by atoms with Gasteiger partial charge in [0.05, 0.1) is 0 Å². The molecule has 0 aromatic rings. The van der Waals surface area contributed by atoms with Gasteiger partial charge in [-0.1, -0.05) is 12.5 Å². The van der Waals surface area contributed by atoms with Gasteiger partial charge in [-0.05, 0) is 98.5 Å². The number of ether oxygens (including phenoxy) is 1. The molecule has 7 rings (SSSR count). The summed E-state index contributed by atoms with van der Waals surface area (Å²) in [6.07, 6.45) is 15.4. The minimum Gasteiger partial charge on any atom is -0.451 e. The minimum absolute atomic E-state index is 0.114. The summed E-state index contributed by atoms with van der Waals surface area (Å²) < 4.78 is 6.14. The highest BCUT2D eigenvalue weighted by molar-refractivity contribution is 5.91. The quantitative estimate of drug-likeness (QED) is 0.632. The molecule has 148 valence electrons. The van der Waals surface area contributed by atoms with Crippen molar-refractivity contribution in [2.24, 2.45) is 52.8 Å². The van der Waals surface area contributed by atoms with E-state index in [2.05, 4.69) is 13.0 Å². The van der Waals surface area contributed by atoms with Crippen LogP contribution in [0.1, 0.15) is 58.3 Å². The Labute approximate surface area is 167 Å². The summed E-state index contributed by atoms with van der Waals surface area (Å²) >= 11 is 0. The van der Waals surface area contributed by atoms with Gasteiger partial charge in [-0.3, -0.25) is 4.79 Å². The van der Waals surface area contributed by atoms with Gasteiger partial charge in [-0.2, -0.15) is 0 Å². The lowest BCUT2D eigenvalue weighted by Crippen LogP contribution is -2.56. The maximum atomic E-state index is 12.1. The Morgan fingerprint density at radius 2 is 1.93 bits per heavy atom. The molecular formula is C25H30O3. The van der Waals surface area contributed by atoms with E-state index in [0.29, 0.717) is 23.5 Å². The van der Waals surface area contributed by atoms with Crippen molar-refractivity contribution in [3.63, 3.8) is 0 Å². The molecule has 0 N–H and O–H groups in total. The second-order valence-corrected chi connectivity index (χ2v) is 11.3. The van der Waals surface area contributed by atoms with Gasteiger partial charge in [-0.15, -0.1) is 0 Å². The summed E-state index contributed by atoms with van der Waals surface area (Å²) in [5.74, 6) is 6.11. The SMILES string of the molecule is C[C@]12CC[C@H]3[C@H]([C@@H]1[C@H]1C[C@H]1[C@@]21C=CC(=O)O1)[C@H](C1CC1)CC1=CC(=O)CC[C@@H]13. The van der Waals surface area contributed by atoms with Crippen molar-refractivity contribution >= 4 is 11.8 Å². The Hall–Kier alpha value is -1.38. The van der Waals surface area contributed by atoms with Crippen LogP contribution in [0, 0.1) is 52.8 Å². The maximum Gasteiger partial charge on any atom is 0.331 e. The molecule has 1 aliphatic heterocycles. The molecule has 0 aromatic carbocycles. The van der Waals surface area contributed by atoms with E-state index in [1.165, 1.54) is 44.1 Å². The van der Waals surface area contributed by atoms with E-state index >= 15 is 0 Å². The van der Waals surface area contributed by atoms with E-state index < -0.39 is 0 Å². The van der Waals surface area contributed by atoms with Crippen LogP contribution in [0.5, 0.6) is 0 Å². The highest BCUT2D eigenvalue weighted by atomic mass is 16.6. The number of hydrogen-bond donors (Lipinski definition) is 0. The lowest BCUT2D eigenvalue weighted by Gasteiger charge is -2.59. The average Bonchev–Trinajstić information content (AvgIpc) is 3.59. The lowest BCUT2D eigenvalue weighted by molar-refractivity contribution is -0.170. The number of carbonyl (C=O) groups excluding carboxylic acids is 2. The summed E-state index contributed by atoms with van der Waals surface area (Å²) in [5.41, 5.74) is 1.31. The fourth-order valence-electron chi connectivity index (χ4n) is 9.23. The standard InChI is InChI=1S/C25H30O3/c1-24-8-6-17-16-5-4-15(26)10-14(16)11-18(13-2-3-13)22(17)23(24)19-12-20(19)25(24)9-7-21(27)28-25/h7,9-10,13,16-20,22-23H,2-6,8,11-12H2,1H3/t16-,17+,18-,19-,20+,22-,23-,24-,25-/m0/s1. The molecule has 0 saturated heterocycles. The summed E-state index contributed by atoms with van der Waals surface area (Å²) in [7, 11) is 0. The van der Waals surface area contributed by atoms with Crippen LogP contribution in [0.2, 0.25) is 0 Å². The van der Waals surface area contributed by atoms with Gasteiger partial charge in [0.1, 0.15) is 5.60 Å². The van der Waals surface area contributed by atoms with Gasteiger partial charge in [0.25, 0.3) is 0 Å². The largest absolute Gasteiger partial charge is 0.451 e. The zero-order chi connectivity index (χ0) is 18.8. The van der Waals surface area contributed by atoms with Gasteiger partial charge >= 0.3 is 5.97 Å². The molecule has 5 saturated carbocycles. The van der Waals surface area contributed by atoms with Crippen molar-refractivity contribution in [1.29, 1.82) is 0 Å². The molecule has 1 heterocycles. The van der Waals surface area contributed by atoms with Crippen molar-refractivity contribution in [1.82, 2.24) is 0 Å². The van der Waals surface area contributed by atoms with Gasteiger partial charge in [-0.25, -0.2) is 4.79 Å². The molecule has 1 spiro atoms. The number of allylic oxidation sites excluding steroid dienone is 1. The predicted molar refractivity (Wildman–Crippen MR) is 104 cm³/mol. The molecule has 9 atom stereocenters. The van der Waals surface area contributed by atoms with Gasteiger partial charge in [0.15, 0.2) is 5.78 Å². The predicted octanol–water partition coefficient (Wildman–Crippen LogP) is 4.47. The first-order valence-electron chi connectivity index (χ1n) is 11.7. The third kappa shape index (κ3) is 1.83. The third-order valence-electron chi connectivity index (χ3n) is 10.4. The normalized spacial score (nSPS) is 55.9. The zero-order valence-corrected chi connectivity index (χ0v) is 16.7. The molecule has 0 amide bonds.